The molecule has 0 amide bonds. The van der Waals surface area contributed by atoms with Crippen LogP contribution in [0.2, 0.25) is 0 Å². The van der Waals surface area contributed by atoms with Crippen LogP contribution < -0.4 is 0 Å². The van der Waals surface area contributed by atoms with Crippen molar-refractivity contribution >= 4 is 32.9 Å². The summed E-state index contributed by atoms with van der Waals surface area (Å²) in [5, 5.41) is 0.523. The van der Waals surface area contributed by atoms with Crippen LogP contribution in [0.1, 0.15) is 17.5 Å². The minimum Gasteiger partial charge on any atom is -0.460 e. The van der Waals surface area contributed by atoms with Gasteiger partial charge in [0.2, 0.25) is 5.76 Å². The van der Waals surface area contributed by atoms with E-state index >= 15 is 0 Å². The van der Waals surface area contributed by atoms with Crippen LogP contribution in [0.25, 0.3) is 11.0 Å². The van der Waals surface area contributed by atoms with Gasteiger partial charge in [0.15, 0.2) is 11.4 Å². The number of carbonyl (C=O) groups is 1. The normalized spacial score (nSPS) is 10.7. The molecule has 0 saturated carbocycles. The number of hydrogen-bond donors (Lipinski definition) is 0. The van der Waals surface area contributed by atoms with Crippen LogP contribution in [-0.2, 0) is 4.74 Å². The topological polar surface area (TPSA) is 39.4 Å². The summed E-state index contributed by atoms with van der Waals surface area (Å²) >= 11 is 3.16. The third-order valence-electron chi connectivity index (χ3n) is 2.01. The summed E-state index contributed by atoms with van der Waals surface area (Å²) in [7, 11) is 0. The molecule has 0 spiro atoms. The number of halogens is 2. The molecule has 1 aromatic heterocycles. The zero-order chi connectivity index (χ0) is 11.7. The molecule has 84 valence electrons. The minimum absolute atomic E-state index is 0.00819. The van der Waals surface area contributed by atoms with Crippen LogP contribution >= 0.6 is 15.9 Å². The maximum atomic E-state index is 13.4. The van der Waals surface area contributed by atoms with Gasteiger partial charge in [-0.3, -0.25) is 0 Å². The average molecular weight is 287 g/mol. The van der Waals surface area contributed by atoms with Crippen molar-refractivity contribution < 1.29 is 18.3 Å². The Kier molecular flexibility index (Phi) is 2.96. The fourth-order valence-electron chi connectivity index (χ4n) is 1.38. The molecule has 16 heavy (non-hydrogen) atoms. The van der Waals surface area contributed by atoms with Crippen LogP contribution in [-0.4, -0.2) is 12.6 Å². The fourth-order valence-corrected chi connectivity index (χ4v) is 1.83. The van der Waals surface area contributed by atoms with Crippen molar-refractivity contribution in [2.75, 3.05) is 6.61 Å². The highest BCUT2D eigenvalue weighted by Gasteiger charge is 2.15. The van der Waals surface area contributed by atoms with Crippen molar-refractivity contribution in [1.82, 2.24) is 0 Å². The van der Waals surface area contributed by atoms with E-state index in [1.165, 1.54) is 12.1 Å². The van der Waals surface area contributed by atoms with Gasteiger partial charge in [0.1, 0.15) is 0 Å². The van der Waals surface area contributed by atoms with Gasteiger partial charge in [0.25, 0.3) is 0 Å². The first-order valence-corrected chi connectivity index (χ1v) is 5.47. The molecule has 0 radical (unpaired) electrons. The maximum absolute atomic E-state index is 13.4. The molecule has 1 heterocycles. The first-order chi connectivity index (χ1) is 7.61. The lowest BCUT2D eigenvalue weighted by Gasteiger charge is -1.95. The zero-order valence-electron chi connectivity index (χ0n) is 8.42. The zero-order valence-corrected chi connectivity index (χ0v) is 10.0. The molecule has 1 aromatic carbocycles. The Balaban J connectivity index is 2.51. The lowest BCUT2D eigenvalue weighted by Crippen LogP contribution is -2.02. The number of benzene rings is 1. The lowest BCUT2D eigenvalue weighted by molar-refractivity contribution is 0.0492. The number of furan rings is 1. The third kappa shape index (κ3) is 1.95. The van der Waals surface area contributed by atoms with E-state index in [4.69, 9.17) is 9.15 Å². The monoisotopic (exact) mass is 286 g/mol. The quantitative estimate of drug-likeness (QED) is 0.793. The highest BCUT2D eigenvalue weighted by Crippen LogP contribution is 2.26. The van der Waals surface area contributed by atoms with Crippen molar-refractivity contribution in [1.29, 1.82) is 0 Å². The predicted molar refractivity (Wildman–Crippen MR) is 59.8 cm³/mol. The molecule has 2 aromatic rings. The number of carbonyl (C=O) groups excluding carboxylic acids is 1. The fraction of sp³-hybridized carbons (Fsp3) is 0.182. The van der Waals surface area contributed by atoms with E-state index in [9.17, 15) is 9.18 Å². The Morgan fingerprint density at radius 1 is 1.50 bits per heavy atom. The van der Waals surface area contributed by atoms with E-state index in [2.05, 4.69) is 15.9 Å². The van der Waals surface area contributed by atoms with Gasteiger partial charge in [-0.15, -0.1) is 0 Å². The Morgan fingerprint density at radius 2 is 2.25 bits per heavy atom. The second-order valence-electron chi connectivity index (χ2n) is 3.14. The van der Waals surface area contributed by atoms with Crippen LogP contribution in [0.5, 0.6) is 0 Å². The van der Waals surface area contributed by atoms with Gasteiger partial charge in [0, 0.05) is 9.86 Å². The van der Waals surface area contributed by atoms with E-state index in [0.29, 0.717) is 9.86 Å². The molecule has 3 nitrogen and oxygen atoms in total. The second kappa shape index (κ2) is 4.25. The van der Waals surface area contributed by atoms with Gasteiger partial charge >= 0.3 is 5.97 Å². The Hall–Kier alpha value is -1.36. The van der Waals surface area contributed by atoms with Crippen molar-refractivity contribution in [3.63, 3.8) is 0 Å². The summed E-state index contributed by atoms with van der Waals surface area (Å²) < 4.78 is 23.9. The highest BCUT2D eigenvalue weighted by molar-refractivity contribution is 9.10. The molecule has 5 heteroatoms. The largest absolute Gasteiger partial charge is 0.460 e. The van der Waals surface area contributed by atoms with Gasteiger partial charge in [-0.25, -0.2) is 9.18 Å². The van der Waals surface area contributed by atoms with Crippen molar-refractivity contribution in [3.8, 4) is 0 Å². The summed E-state index contributed by atoms with van der Waals surface area (Å²) in [6.07, 6.45) is 0. The minimum atomic E-state index is -0.589. The SMILES string of the molecule is CCOC(=O)c1cc2cc(Br)cc(F)c2o1. The van der Waals surface area contributed by atoms with E-state index in [1.54, 1.807) is 13.0 Å². The molecule has 0 saturated heterocycles. The molecule has 0 unspecified atom stereocenters. The van der Waals surface area contributed by atoms with Gasteiger partial charge in [-0.05, 0) is 25.1 Å². The van der Waals surface area contributed by atoms with Gasteiger partial charge in [0.05, 0.1) is 6.61 Å². The maximum Gasteiger partial charge on any atom is 0.374 e. The summed E-state index contributed by atoms with van der Waals surface area (Å²) in [4.78, 5) is 11.4. The van der Waals surface area contributed by atoms with Crippen molar-refractivity contribution in [2.24, 2.45) is 0 Å². The second-order valence-corrected chi connectivity index (χ2v) is 4.05. The molecule has 0 bridgehead atoms. The lowest BCUT2D eigenvalue weighted by atomic mass is 10.2. The summed E-state index contributed by atoms with van der Waals surface area (Å²) in [5.41, 5.74) is 0.0613. The van der Waals surface area contributed by atoms with Crippen LogP contribution in [0.4, 0.5) is 4.39 Å². The Morgan fingerprint density at radius 3 is 2.94 bits per heavy atom. The van der Waals surface area contributed by atoms with E-state index in [0.717, 1.165) is 0 Å². The summed E-state index contributed by atoms with van der Waals surface area (Å²) in [6, 6.07) is 4.41. The first kappa shape index (κ1) is 11.1. The van der Waals surface area contributed by atoms with E-state index in [1.807, 2.05) is 0 Å². The highest BCUT2D eigenvalue weighted by atomic mass is 79.9. The van der Waals surface area contributed by atoms with Gasteiger partial charge in [-0.2, -0.15) is 0 Å². The number of esters is 1. The Labute approximate surface area is 99.3 Å². The summed E-state index contributed by atoms with van der Waals surface area (Å²) in [6.45, 7) is 1.94. The number of fused-ring (bicyclic) bond motifs is 1. The van der Waals surface area contributed by atoms with Crippen LogP contribution in [0, 0.1) is 5.82 Å². The van der Waals surface area contributed by atoms with E-state index < -0.39 is 11.8 Å². The smallest absolute Gasteiger partial charge is 0.374 e. The molecule has 0 N–H and O–H groups in total. The van der Waals surface area contributed by atoms with Gasteiger partial charge in [-0.1, -0.05) is 15.9 Å². The first-order valence-electron chi connectivity index (χ1n) is 4.67. The van der Waals surface area contributed by atoms with Crippen molar-refractivity contribution in [2.45, 2.75) is 6.92 Å². The predicted octanol–water partition coefficient (Wildman–Crippen LogP) is 3.51. The molecule has 0 aliphatic heterocycles. The molecular formula is C11H8BrFO3. The standard InChI is InChI=1S/C11H8BrFO3/c1-2-15-11(14)9-4-6-3-7(12)5-8(13)10(6)16-9/h3-5H,2H2,1H3. The molecule has 0 aliphatic rings. The van der Waals surface area contributed by atoms with E-state index in [-0.39, 0.29) is 18.0 Å². The number of ether oxygens (including phenoxy) is 1. The molecule has 2 rings (SSSR count). The van der Waals surface area contributed by atoms with Crippen LogP contribution in [0.3, 0.4) is 0 Å². The number of rotatable bonds is 2. The Bertz CT molecular complexity index is 547. The van der Waals surface area contributed by atoms with Gasteiger partial charge < -0.3 is 9.15 Å². The molecule has 0 fully saturated rings. The molecular weight excluding hydrogens is 279 g/mol. The average Bonchev–Trinajstić information content (AvgIpc) is 2.62. The van der Waals surface area contributed by atoms with Crippen molar-refractivity contribution in [3.05, 3.63) is 34.2 Å². The molecule has 0 atom stereocenters. The van der Waals surface area contributed by atoms with Crippen LogP contribution in [0.15, 0.2) is 27.1 Å². The number of hydrogen-bond acceptors (Lipinski definition) is 3. The molecule has 0 aliphatic carbocycles. The summed E-state index contributed by atoms with van der Waals surface area (Å²) in [5.74, 6) is -1.09. The third-order valence-corrected chi connectivity index (χ3v) is 2.47.